The molecule has 2 rings (SSSR count). The van der Waals surface area contributed by atoms with Gasteiger partial charge < -0.3 is 14.1 Å². The number of rotatable bonds is 4. The van der Waals surface area contributed by atoms with Crippen LogP contribution in [0.4, 0.5) is 6.01 Å². The van der Waals surface area contributed by atoms with Crippen molar-refractivity contribution in [2.24, 2.45) is 0 Å². The summed E-state index contributed by atoms with van der Waals surface area (Å²) in [5.41, 5.74) is 1.50. The number of oxazole rings is 1. The minimum atomic E-state index is -0.311. The average molecular weight is 234 g/mol. The van der Waals surface area contributed by atoms with E-state index in [-0.39, 0.29) is 12.5 Å². The van der Waals surface area contributed by atoms with Crippen LogP contribution in [0.1, 0.15) is 6.92 Å². The van der Waals surface area contributed by atoms with Crippen molar-refractivity contribution in [2.45, 2.75) is 6.92 Å². The largest absolute Gasteiger partial charge is 0.468 e. The van der Waals surface area contributed by atoms with Crippen molar-refractivity contribution in [2.75, 3.05) is 25.1 Å². The Balaban J connectivity index is 2.27. The van der Waals surface area contributed by atoms with Crippen LogP contribution in [0.5, 0.6) is 0 Å². The summed E-state index contributed by atoms with van der Waals surface area (Å²) in [7, 11) is 1.36. The van der Waals surface area contributed by atoms with Crippen molar-refractivity contribution in [1.82, 2.24) is 4.98 Å². The minimum Gasteiger partial charge on any atom is -0.468 e. The molecule has 1 aromatic carbocycles. The van der Waals surface area contributed by atoms with Crippen molar-refractivity contribution < 1.29 is 13.9 Å². The molecule has 0 aliphatic heterocycles. The fourth-order valence-electron chi connectivity index (χ4n) is 1.53. The van der Waals surface area contributed by atoms with Crippen LogP contribution in [-0.4, -0.2) is 31.2 Å². The zero-order valence-corrected chi connectivity index (χ0v) is 9.84. The third-order valence-electron chi connectivity index (χ3n) is 2.48. The fraction of sp³-hybridized carbons (Fsp3) is 0.333. The van der Waals surface area contributed by atoms with Crippen molar-refractivity contribution in [3.05, 3.63) is 24.3 Å². The van der Waals surface area contributed by atoms with Gasteiger partial charge in [0.25, 0.3) is 6.01 Å². The van der Waals surface area contributed by atoms with Gasteiger partial charge in [-0.15, -0.1) is 0 Å². The van der Waals surface area contributed by atoms with Gasteiger partial charge in [-0.1, -0.05) is 12.1 Å². The first-order valence-corrected chi connectivity index (χ1v) is 5.42. The second kappa shape index (κ2) is 4.86. The van der Waals surface area contributed by atoms with Crippen LogP contribution in [0, 0.1) is 0 Å². The SMILES string of the molecule is CCN(CC(=O)OC)c1nc2ccccc2o1. The second-order valence-corrected chi connectivity index (χ2v) is 3.55. The number of hydrogen-bond acceptors (Lipinski definition) is 5. The van der Waals surface area contributed by atoms with Crippen molar-refractivity contribution in [1.29, 1.82) is 0 Å². The van der Waals surface area contributed by atoms with E-state index in [9.17, 15) is 4.79 Å². The number of esters is 1. The summed E-state index contributed by atoms with van der Waals surface area (Å²) in [6.07, 6.45) is 0. The van der Waals surface area contributed by atoms with E-state index < -0.39 is 0 Å². The molecule has 0 bridgehead atoms. The molecule has 90 valence electrons. The standard InChI is InChI=1S/C12H14N2O3/c1-3-14(8-11(15)16-2)12-13-9-6-4-5-7-10(9)17-12/h4-7H,3,8H2,1-2H3. The van der Waals surface area contributed by atoms with E-state index in [0.29, 0.717) is 18.1 Å². The van der Waals surface area contributed by atoms with Gasteiger partial charge in [0.1, 0.15) is 12.1 Å². The fourth-order valence-corrected chi connectivity index (χ4v) is 1.53. The smallest absolute Gasteiger partial charge is 0.325 e. The van der Waals surface area contributed by atoms with E-state index in [4.69, 9.17) is 4.42 Å². The van der Waals surface area contributed by atoms with Gasteiger partial charge in [-0.05, 0) is 19.1 Å². The molecule has 0 fully saturated rings. The first kappa shape index (κ1) is 11.4. The number of carbonyl (C=O) groups is 1. The van der Waals surface area contributed by atoms with Gasteiger partial charge in [-0.2, -0.15) is 4.98 Å². The van der Waals surface area contributed by atoms with Crippen LogP contribution in [-0.2, 0) is 9.53 Å². The molecule has 1 heterocycles. The van der Waals surface area contributed by atoms with E-state index >= 15 is 0 Å². The Morgan fingerprint density at radius 2 is 2.24 bits per heavy atom. The number of benzene rings is 1. The number of para-hydroxylation sites is 2. The van der Waals surface area contributed by atoms with Gasteiger partial charge in [0.05, 0.1) is 7.11 Å². The highest BCUT2D eigenvalue weighted by Crippen LogP contribution is 2.21. The number of methoxy groups -OCH3 is 1. The Kier molecular flexibility index (Phi) is 3.27. The molecule has 0 saturated heterocycles. The zero-order chi connectivity index (χ0) is 12.3. The van der Waals surface area contributed by atoms with Crippen molar-refractivity contribution >= 4 is 23.1 Å². The first-order valence-electron chi connectivity index (χ1n) is 5.42. The quantitative estimate of drug-likeness (QED) is 0.755. The van der Waals surface area contributed by atoms with Crippen molar-refractivity contribution in [3.63, 3.8) is 0 Å². The number of aromatic nitrogens is 1. The molecule has 2 aromatic rings. The van der Waals surface area contributed by atoms with Gasteiger partial charge in [0.2, 0.25) is 0 Å². The molecule has 0 N–H and O–H groups in total. The Bertz CT molecular complexity index is 488. The van der Waals surface area contributed by atoms with Gasteiger partial charge in [0.15, 0.2) is 5.58 Å². The van der Waals surface area contributed by atoms with Gasteiger partial charge in [-0.25, -0.2) is 0 Å². The van der Waals surface area contributed by atoms with E-state index in [2.05, 4.69) is 9.72 Å². The monoisotopic (exact) mass is 234 g/mol. The molecule has 0 spiro atoms. The molecule has 5 heteroatoms. The Morgan fingerprint density at radius 1 is 1.47 bits per heavy atom. The predicted molar refractivity (Wildman–Crippen MR) is 63.9 cm³/mol. The number of hydrogen-bond donors (Lipinski definition) is 0. The summed E-state index contributed by atoms with van der Waals surface area (Å²) in [6.45, 7) is 2.69. The lowest BCUT2D eigenvalue weighted by Crippen LogP contribution is -2.30. The van der Waals surface area contributed by atoms with Gasteiger partial charge >= 0.3 is 5.97 Å². The molecule has 1 aromatic heterocycles. The van der Waals surface area contributed by atoms with Crippen LogP contribution in [0.25, 0.3) is 11.1 Å². The van der Waals surface area contributed by atoms with Crippen LogP contribution in [0.2, 0.25) is 0 Å². The lowest BCUT2D eigenvalue weighted by molar-refractivity contribution is -0.139. The Morgan fingerprint density at radius 3 is 2.88 bits per heavy atom. The maximum Gasteiger partial charge on any atom is 0.325 e. The summed E-state index contributed by atoms with van der Waals surface area (Å²) in [4.78, 5) is 17.3. The second-order valence-electron chi connectivity index (χ2n) is 3.55. The Labute approximate surface area is 99.0 Å². The normalized spacial score (nSPS) is 10.5. The highest BCUT2D eigenvalue weighted by molar-refractivity contribution is 5.77. The molecular weight excluding hydrogens is 220 g/mol. The predicted octanol–water partition coefficient (Wildman–Crippen LogP) is 1.83. The van der Waals surface area contributed by atoms with Crippen LogP contribution >= 0.6 is 0 Å². The number of ether oxygens (including phenoxy) is 1. The minimum absolute atomic E-state index is 0.139. The summed E-state index contributed by atoms with van der Waals surface area (Å²) in [6, 6.07) is 7.93. The van der Waals surface area contributed by atoms with Crippen LogP contribution in [0.15, 0.2) is 28.7 Å². The molecule has 0 aliphatic carbocycles. The molecule has 0 radical (unpaired) electrons. The third kappa shape index (κ3) is 2.38. The molecule has 0 unspecified atom stereocenters. The molecule has 0 amide bonds. The highest BCUT2D eigenvalue weighted by Gasteiger charge is 2.15. The molecule has 0 saturated carbocycles. The lowest BCUT2D eigenvalue weighted by atomic mass is 10.3. The molecule has 5 nitrogen and oxygen atoms in total. The topological polar surface area (TPSA) is 55.6 Å². The van der Waals surface area contributed by atoms with E-state index in [1.165, 1.54) is 7.11 Å². The lowest BCUT2D eigenvalue weighted by Gasteiger charge is -2.16. The molecular formula is C12H14N2O3. The Hall–Kier alpha value is -2.04. The molecule has 0 atom stereocenters. The first-order chi connectivity index (χ1) is 8.24. The number of anilines is 1. The maximum atomic E-state index is 11.2. The summed E-state index contributed by atoms with van der Waals surface area (Å²) >= 11 is 0. The van der Waals surface area contributed by atoms with E-state index in [1.54, 1.807) is 4.90 Å². The van der Waals surface area contributed by atoms with Gasteiger partial charge in [0, 0.05) is 6.54 Å². The average Bonchev–Trinajstić information content (AvgIpc) is 2.78. The summed E-state index contributed by atoms with van der Waals surface area (Å²) < 4.78 is 10.2. The maximum absolute atomic E-state index is 11.2. The third-order valence-corrected chi connectivity index (χ3v) is 2.48. The van der Waals surface area contributed by atoms with Crippen LogP contribution < -0.4 is 4.90 Å². The highest BCUT2D eigenvalue weighted by atomic mass is 16.5. The van der Waals surface area contributed by atoms with Gasteiger partial charge in [-0.3, -0.25) is 4.79 Å². The number of carbonyl (C=O) groups excluding carboxylic acids is 1. The zero-order valence-electron chi connectivity index (χ0n) is 9.84. The number of nitrogens with zero attached hydrogens (tertiary/aromatic N) is 2. The number of likely N-dealkylation sites (N-methyl/N-ethyl adjacent to an activating group) is 1. The van der Waals surface area contributed by atoms with E-state index in [0.717, 1.165) is 5.52 Å². The summed E-state index contributed by atoms with van der Waals surface area (Å²) in [5.74, 6) is -0.311. The van der Waals surface area contributed by atoms with E-state index in [1.807, 2.05) is 31.2 Å². The summed E-state index contributed by atoms with van der Waals surface area (Å²) in [5, 5.41) is 0. The van der Waals surface area contributed by atoms with Crippen molar-refractivity contribution in [3.8, 4) is 0 Å². The molecule has 0 aliphatic rings. The number of fused-ring (bicyclic) bond motifs is 1. The van der Waals surface area contributed by atoms with Crippen LogP contribution in [0.3, 0.4) is 0 Å². The molecule has 17 heavy (non-hydrogen) atoms.